The fraction of sp³-hybridized carbons (Fsp3) is 0.615. The number of unbranched alkanes of at least 4 members (excludes halogenated alkanes) is 1. The summed E-state index contributed by atoms with van der Waals surface area (Å²) in [6.45, 7) is 2.19. The van der Waals surface area contributed by atoms with Crippen LogP contribution in [0.4, 0.5) is 0 Å². The van der Waals surface area contributed by atoms with Crippen molar-refractivity contribution in [1.29, 1.82) is 0 Å². The number of hydrogen-bond acceptors (Lipinski definition) is 3. The minimum atomic E-state index is -0.763. The summed E-state index contributed by atoms with van der Waals surface area (Å²) in [6.07, 6.45) is 13.1. The summed E-state index contributed by atoms with van der Waals surface area (Å²) >= 11 is 0. The van der Waals surface area contributed by atoms with Gasteiger partial charge >= 0.3 is 5.97 Å². The molecule has 1 aromatic carbocycles. The Labute approximate surface area is 180 Å². The first-order chi connectivity index (χ1) is 14.5. The number of rotatable bonds is 11. The van der Waals surface area contributed by atoms with Crippen molar-refractivity contribution in [3.8, 4) is 0 Å². The molecule has 3 atom stereocenters. The molecule has 3 rings (SSSR count). The van der Waals surface area contributed by atoms with Gasteiger partial charge in [0.05, 0.1) is 6.10 Å². The van der Waals surface area contributed by atoms with Gasteiger partial charge in [0.15, 0.2) is 0 Å². The predicted octanol–water partition coefficient (Wildman–Crippen LogP) is 5.95. The minimum absolute atomic E-state index is 0.00885. The second-order valence-corrected chi connectivity index (χ2v) is 9.25. The SMILES string of the molecule is CCCC1([C@H](O)c2ccc([C@H]3CCC(=O)[C@@H]3C/C=C\CCCC(=O)O)cc2)CCC1. The number of aliphatic carboxylic acids is 1. The Morgan fingerprint density at radius 3 is 2.57 bits per heavy atom. The lowest BCUT2D eigenvalue weighted by molar-refractivity contribution is -0.137. The van der Waals surface area contributed by atoms with Crippen molar-refractivity contribution >= 4 is 11.8 Å². The molecule has 0 aliphatic heterocycles. The number of allylic oxidation sites excluding steroid dienone is 2. The maximum atomic E-state index is 12.4. The van der Waals surface area contributed by atoms with Crippen LogP contribution in [0.15, 0.2) is 36.4 Å². The molecule has 30 heavy (non-hydrogen) atoms. The van der Waals surface area contributed by atoms with Crippen LogP contribution in [0.1, 0.15) is 101 Å². The van der Waals surface area contributed by atoms with E-state index in [1.54, 1.807) is 0 Å². The molecule has 2 aliphatic rings. The molecule has 0 unspecified atom stereocenters. The molecule has 164 valence electrons. The molecule has 0 spiro atoms. The summed E-state index contributed by atoms with van der Waals surface area (Å²) < 4.78 is 0. The lowest BCUT2D eigenvalue weighted by Gasteiger charge is -2.46. The number of hydrogen-bond donors (Lipinski definition) is 2. The first kappa shape index (κ1) is 22.7. The Balaban J connectivity index is 1.61. The summed E-state index contributed by atoms with van der Waals surface area (Å²) in [5, 5.41) is 19.7. The van der Waals surface area contributed by atoms with Crippen LogP contribution in [0.3, 0.4) is 0 Å². The number of aliphatic hydroxyl groups is 1. The summed E-state index contributed by atoms with van der Waals surface area (Å²) in [5.41, 5.74) is 2.26. The smallest absolute Gasteiger partial charge is 0.303 e. The van der Waals surface area contributed by atoms with Gasteiger partial charge in [0, 0.05) is 24.2 Å². The van der Waals surface area contributed by atoms with Crippen molar-refractivity contribution in [3.05, 3.63) is 47.5 Å². The Morgan fingerprint density at radius 1 is 1.23 bits per heavy atom. The first-order valence-electron chi connectivity index (χ1n) is 11.6. The molecular formula is C26H36O4. The molecular weight excluding hydrogens is 376 g/mol. The topological polar surface area (TPSA) is 74.6 Å². The quantitative estimate of drug-likeness (QED) is 0.348. The van der Waals surface area contributed by atoms with E-state index in [4.69, 9.17) is 5.11 Å². The number of carbonyl (C=O) groups excluding carboxylic acids is 1. The Hall–Kier alpha value is -1.94. The second-order valence-electron chi connectivity index (χ2n) is 9.25. The maximum Gasteiger partial charge on any atom is 0.303 e. The lowest BCUT2D eigenvalue weighted by atomic mass is 9.61. The zero-order chi connectivity index (χ0) is 21.6. The molecule has 2 aliphatic carbocycles. The number of benzene rings is 1. The van der Waals surface area contributed by atoms with Crippen molar-refractivity contribution in [3.63, 3.8) is 0 Å². The molecule has 0 radical (unpaired) electrons. The summed E-state index contributed by atoms with van der Waals surface area (Å²) in [5.74, 6) is -0.188. The number of carboxylic acid groups (broad SMARTS) is 1. The molecule has 2 fully saturated rings. The highest BCUT2D eigenvalue weighted by Crippen LogP contribution is 2.53. The van der Waals surface area contributed by atoms with Crippen LogP contribution in [0.5, 0.6) is 0 Å². The third-order valence-electron chi connectivity index (χ3n) is 7.28. The molecule has 0 amide bonds. The molecule has 2 N–H and O–H groups in total. The van der Waals surface area contributed by atoms with Crippen LogP contribution >= 0.6 is 0 Å². The van der Waals surface area contributed by atoms with Crippen molar-refractivity contribution in [2.75, 3.05) is 0 Å². The molecule has 0 aromatic heterocycles. The third-order valence-corrected chi connectivity index (χ3v) is 7.28. The Kier molecular flexibility index (Phi) is 7.87. The van der Waals surface area contributed by atoms with Crippen LogP contribution in [-0.4, -0.2) is 22.0 Å². The van der Waals surface area contributed by atoms with Crippen molar-refractivity contribution < 1.29 is 19.8 Å². The lowest BCUT2D eigenvalue weighted by Crippen LogP contribution is -2.36. The van der Waals surface area contributed by atoms with Crippen LogP contribution in [0.2, 0.25) is 0 Å². The number of carbonyl (C=O) groups is 2. The summed E-state index contributed by atoms with van der Waals surface area (Å²) in [7, 11) is 0. The monoisotopic (exact) mass is 412 g/mol. The molecule has 4 nitrogen and oxygen atoms in total. The van der Waals surface area contributed by atoms with Gasteiger partial charge in [0.2, 0.25) is 0 Å². The number of ketones is 1. The van der Waals surface area contributed by atoms with Gasteiger partial charge in [-0.25, -0.2) is 0 Å². The van der Waals surface area contributed by atoms with E-state index < -0.39 is 12.1 Å². The van der Waals surface area contributed by atoms with Crippen LogP contribution in [-0.2, 0) is 9.59 Å². The van der Waals surface area contributed by atoms with Gasteiger partial charge in [-0.05, 0) is 62.0 Å². The molecule has 0 heterocycles. The van der Waals surface area contributed by atoms with E-state index in [1.165, 1.54) is 12.0 Å². The summed E-state index contributed by atoms with van der Waals surface area (Å²) in [6, 6.07) is 8.36. The van der Waals surface area contributed by atoms with Gasteiger partial charge in [0.1, 0.15) is 5.78 Å². The number of aliphatic hydroxyl groups excluding tert-OH is 1. The van der Waals surface area contributed by atoms with E-state index in [1.807, 2.05) is 12.2 Å². The fourth-order valence-electron chi connectivity index (χ4n) is 5.40. The average Bonchev–Trinajstić information content (AvgIpc) is 3.07. The van der Waals surface area contributed by atoms with Gasteiger partial charge in [-0.15, -0.1) is 0 Å². The van der Waals surface area contributed by atoms with E-state index >= 15 is 0 Å². The van der Waals surface area contributed by atoms with Gasteiger partial charge in [-0.2, -0.15) is 0 Å². The van der Waals surface area contributed by atoms with Crippen LogP contribution < -0.4 is 0 Å². The second kappa shape index (κ2) is 10.4. The highest BCUT2D eigenvalue weighted by Gasteiger charge is 2.43. The first-order valence-corrected chi connectivity index (χ1v) is 11.6. The summed E-state index contributed by atoms with van der Waals surface area (Å²) in [4.78, 5) is 23.0. The molecule has 4 heteroatoms. The number of carboxylic acids is 1. The Morgan fingerprint density at radius 2 is 1.97 bits per heavy atom. The zero-order valence-corrected chi connectivity index (χ0v) is 18.2. The van der Waals surface area contributed by atoms with Crippen LogP contribution in [0.25, 0.3) is 0 Å². The van der Waals surface area contributed by atoms with Crippen LogP contribution in [0, 0.1) is 11.3 Å². The molecule has 1 aromatic rings. The Bertz CT molecular complexity index is 745. The normalized spacial score (nSPS) is 24.1. The highest BCUT2D eigenvalue weighted by molar-refractivity contribution is 5.84. The molecule has 0 bridgehead atoms. The standard InChI is InChI=1S/C26H36O4/c1-2-16-26(17-7-18-26)25(30)20-12-10-19(11-13-20)21-14-15-23(27)22(21)8-5-3-4-6-9-24(28)29/h3,5,10-13,21-22,25,30H,2,4,6-9,14-18H2,1H3,(H,28,29)/b5-3-/t21-,22-,25-/m1/s1. The van der Waals surface area contributed by atoms with E-state index in [9.17, 15) is 14.7 Å². The number of Topliss-reactive ketones (excluding diaryl/α,β-unsaturated/α-hetero) is 1. The van der Waals surface area contributed by atoms with E-state index in [2.05, 4.69) is 31.2 Å². The van der Waals surface area contributed by atoms with E-state index in [-0.39, 0.29) is 23.7 Å². The fourth-order valence-corrected chi connectivity index (χ4v) is 5.40. The van der Waals surface area contributed by atoms with E-state index in [0.717, 1.165) is 50.5 Å². The van der Waals surface area contributed by atoms with Gasteiger partial charge < -0.3 is 10.2 Å². The maximum absolute atomic E-state index is 12.4. The third kappa shape index (κ3) is 5.21. The minimum Gasteiger partial charge on any atom is -0.481 e. The van der Waals surface area contributed by atoms with Crippen molar-refractivity contribution in [1.82, 2.24) is 0 Å². The predicted molar refractivity (Wildman–Crippen MR) is 118 cm³/mol. The van der Waals surface area contributed by atoms with E-state index in [0.29, 0.717) is 18.6 Å². The largest absolute Gasteiger partial charge is 0.481 e. The molecule has 2 saturated carbocycles. The highest BCUT2D eigenvalue weighted by atomic mass is 16.4. The van der Waals surface area contributed by atoms with Gasteiger partial charge in [-0.1, -0.05) is 56.2 Å². The molecule has 0 saturated heterocycles. The van der Waals surface area contributed by atoms with Crippen molar-refractivity contribution in [2.45, 2.75) is 89.6 Å². The average molecular weight is 413 g/mol. The van der Waals surface area contributed by atoms with Crippen molar-refractivity contribution in [2.24, 2.45) is 11.3 Å². The zero-order valence-electron chi connectivity index (χ0n) is 18.2. The van der Waals surface area contributed by atoms with Gasteiger partial charge in [0.25, 0.3) is 0 Å². The van der Waals surface area contributed by atoms with Gasteiger partial charge in [-0.3, -0.25) is 9.59 Å².